The van der Waals surface area contributed by atoms with Gasteiger partial charge in [-0.25, -0.2) is 0 Å². The molecule has 1 aliphatic rings. The van der Waals surface area contributed by atoms with Gasteiger partial charge in [0.1, 0.15) is 0 Å². The Morgan fingerprint density at radius 1 is 1.42 bits per heavy atom. The van der Waals surface area contributed by atoms with E-state index in [0.717, 1.165) is 6.61 Å². The Balaban J connectivity index is 2.15. The molecule has 1 atom stereocenters. The van der Waals surface area contributed by atoms with Crippen LogP contribution in [0.3, 0.4) is 0 Å². The number of rotatable bonds is 4. The molecule has 0 aromatic rings. The summed E-state index contributed by atoms with van der Waals surface area (Å²) in [5.74, 6) is 2.48. The highest BCUT2D eigenvalue weighted by atomic mass is 27.2. The van der Waals surface area contributed by atoms with Gasteiger partial charge >= 0.3 is 14.1 Å². The third kappa shape index (κ3) is 3.48. The third-order valence-corrected chi connectivity index (χ3v) is 5.98. The second-order valence-corrected chi connectivity index (χ2v) is 7.30. The summed E-state index contributed by atoms with van der Waals surface area (Å²) >= 11 is -0.523. The van der Waals surface area contributed by atoms with Crippen molar-refractivity contribution in [3.05, 3.63) is 0 Å². The van der Waals surface area contributed by atoms with E-state index >= 15 is 0 Å². The largest absolute Gasteiger partial charge is 0.393 e. The van der Waals surface area contributed by atoms with E-state index in [1.807, 2.05) is 0 Å². The Bertz CT molecular complexity index is 110. The zero-order chi connectivity index (χ0) is 8.81. The molecule has 1 fully saturated rings. The molecule has 1 rings (SSSR count). The summed E-state index contributed by atoms with van der Waals surface area (Å²) < 4.78 is 5.80. The molecular weight excluding hydrogens is 163 g/mol. The summed E-state index contributed by atoms with van der Waals surface area (Å²) in [4.78, 5) is 0.713. The van der Waals surface area contributed by atoms with Crippen LogP contribution in [0.1, 0.15) is 39.0 Å². The SMILES string of the molecule is CCC[CH2][Al]([CH3])[CH]1CCCCO1. The van der Waals surface area contributed by atoms with E-state index < -0.39 is 14.1 Å². The Morgan fingerprint density at radius 3 is 2.83 bits per heavy atom. The molecular formula is C10H21AlO. The third-order valence-electron chi connectivity index (χ3n) is 2.86. The van der Waals surface area contributed by atoms with Gasteiger partial charge in [-0.15, -0.1) is 5.79 Å². The standard InChI is InChI=1S/C5H9O.C4H9.CH3.Al/c1-2-4-6-5-3-1;1-3-4-2;;/h4H,1-3,5H2;1,3-4H2,2H3;1H3;. The van der Waals surface area contributed by atoms with Crippen LogP contribution in [-0.2, 0) is 4.74 Å². The fraction of sp³-hybridized carbons (Fsp3) is 1.00. The predicted octanol–water partition coefficient (Wildman–Crippen LogP) is 3.02. The van der Waals surface area contributed by atoms with Gasteiger partial charge in [0.05, 0.1) is 0 Å². The van der Waals surface area contributed by atoms with Crippen molar-refractivity contribution < 1.29 is 4.74 Å². The molecule has 2 heteroatoms. The van der Waals surface area contributed by atoms with Crippen LogP contribution >= 0.6 is 0 Å². The van der Waals surface area contributed by atoms with Gasteiger partial charge in [0.2, 0.25) is 0 Å². The molecule has 0 radical (unpaired) electrons. The maximum absolute atomic E-state index is 5.80. The Hall–Kier alpha value is 0.492. The summed E-state index contributed by atoms with van der Waals surface area (Å²) in [6, 6.07) is 0. The van der Waals surface area contributed by atoms with Crippen LogP contribution < -0.4 is 0 Å². The molecule has 0 bridgehead atoms. The first-order valence-corrected chi connectivity index (χ1v) is 8.10. The smallest absolute Gasteiger partial charge is 0.302 e. The van der Waals surface area contributed by atoms with Crippen molar-refractivity contribution in [3.63, 3.8) is 0 Å². The highest BCUT2D eigenvalue weighted by Gasteiger charge is 2.25. The van der Waals surface area contributed by atoms with E-state index in [4.69, 9.17) is 4.74 Å². The number of unbranched alkanes of at least 4 members (excludes halogenated alkanes) is 1. The summed E-state index contributed by atoms with van der Waals surface area (Å²) in [6.07, 6.45) is 6.84. The molecule has 0 spiro atoms. The second kappa shape index (κ2) is 6.02. The Kier molecular flexibility index (Phi) is 5.31. The van der Waals surface area contributed by atoms with Crippen molar-refractivity contribution in [2.75, 3.05) is 6.61 Å². The molecule has 1 nitrogen and oxygen atoms in total. The molecule has 1 unspecified atom stereocenters. The average molecular weight is 184 g/mol. The maximum atomic E-state index is 5.80. The lowest BCUT2D eigenvalue weighted by atomic mass is 10.2. The van der Waals surface area contributed by atoms with Crippen LogP contribution in [0.15, 0.2) is 0 Å². The van der Waals surface area contributed by atoms with Crippen molar-refractivity contribution in [2.24, 2.45) is 0 Å². The zero-order valence-corrected chi connectivity index (χ0v) is 9.67. The van der Waals surface area contributed by atoms with Crippen molar-refractivity contribution in [1.82, 2.24) is 0 Å². The zero-order valence-electron chi connectivity index (χ0n) is 8.51. The summed E-state index contributed by atoms with van der Waals surface area (Å²) in [5.41, 5.74) is 0. The molecule has 0 aromatic heterocycles. The summed E-state index contributed by atoms with van der Waals surface area (Å²) in [7, 11) is 0. The topological polar surface area (TPSA) is 9.23 Å². The molecule has 0 aromatic carbocycles. The van der Waals surface area contributed by atoms with Gasteiger partial charge in [0.25, 0.3) is 0 Å². The predicted molar refractivity (Wildman–Crippen MR) is 54.9 cm³/mol. The highest BCUT2D eigenvalue weighted by Crippen LogP contribution is 2.18. The molecule has 0 aliphatic carbocycles. The lowest BCUT2D eigenvalue weighted by molar-refractivity contribution is 0.0625. The van der Waals surface area contributed by atoms with Crippen LogP contribution in [0, 0.1) is 0 Å². The van der Waals surface area contributed by atoms with Gasteiger partial charge in [-0.1, -0.05) is 25.0 Å². The van der Waals surface area contributed by atoms with E-state index in [1.165, 1.54) is 37.4 Å². The Morgan fingerprint density at radius 2 is 2.25 bits per heavy atom. The van der Waals surface area contributed by atoms with E-state index in [0.29, 0.717) is 4.97 Å². The van der Waals surface area contributed by atoms with Crippen LogP contribution in [0.4, 0.5) is 0 Å². The van der Waals surface area contributed by atoms with E-state index in [-0.39, 0.29) is 0 Å². The van der Waals surface area contributed by atoms with Crippen molar-refractivity contribution in [3.8, 4) is 0 Å². The fourth-order valence-corrected chi connectivity index (χ4v) is 4.62. The minimum Gasteiger partial charge on any atom is -0.393 e. The van der Waals surface area contributed by atoms with Gasteiger partial charge in [-0.3, -0.25) is 0 Å². The first-order valence-electron chi connectivity index (χ1n) is 5.46. The lowest BCUT2D eigenvalue weighted by Crippen LogP contribution is -2.33. The first kappa shape index (κ1) is 10.6. The lowest BCUT2D eigenvalue weighted by Gasteiger charge is -2.25. The second-order valence-electron chi connectivity index (χ2n) is 4.02. The van der Waals surface area contributed by atoms with E-state index in [2.05, 4.69) is 12.7 Å². The summed E-state index contributed by atoms with van der Waals surface area (Å²) in [6.45, 7) is 3.32. The van der Waals surface area contributed by atoms with Crippen LogP contribution in [0.25, 0.3) is 0 Å². The molecule has 0 saturated carbocycles. The molecule has 1 aliphatic heterocycles. The normalized spacial score (nSPS) is 24.0. The first-order chi connectivity index (χ1) is 5.84. The van der Waals surface area contributed by atoms with Gasteiger partial charge < -0.3 is 4.74 Å². The number of hydrogen-bond donors (Lipinski definition) is 0. The van der Waals surface area contributed by atoms with Crippen molar-refractivity contribution in [1.29, 1.82) is 0 Å². The number of ether oxygens (including phenoxy) is 1. The van der Waals surface area contributed by atoms with E-state index in [1.54, 1.807) is 0 Å². The van der Waals surface area contributed by atoms with Crippen molar-refractivity contribution >= 4 is 14.1 Å². The Labute approximate surface area is 80.9 Å². The quantitative estimate of drug-likeness (QED) is 0.610. The average Bonchev–Trinajstić information content (AvgIpc) is 2.15. The van der Waals surface area contributed by atoms with E-state index in [9.17, 15) is 0 Å². The van der Waals surface area contributed by atoms with Crippen LogP contribution in [0.2, 0.25) is 11.1 Å². The molecule has 12 heavy (non-hydrogen) atoms. The molecule has 70 valence electrons. The number of hydrogen-bond acceptors (Lipinski definition) is 1. The van der Waals surface area contributed by atoms with Gasteiger partial charge in [0, 0.05) is 11.6 Å². The molecule has 1 heterocycles. The molecule has 0 amide bonds. The monoisotopic (exact) mass is 184 g/mol. The van der Waals surface area contributed by atoms with Crippen LogP contribution in [0.5, 0.6) is 0 Å². The van der Waals surface area contributed by atoms with Gasteiger partial charge in [-0.2, -0.15) is 0 Å². The maximum Gasteiger partial charge on any atom is 0.302 e. The fourth-order valence-electron chi connectivity index (χ4n) is 1.93. The molecule has 0 N–H and O–H groups in total. The minimum atomic E-state index is -0.523. The van der Waals surface area contributed by atoms with Gasteiger partial charge in [0.15, 0.2) is 0 Å². The highest BCUT2D eigenvalue weighted by molar-refractivity contribution is 6.58. The summed E-state index contributed by atoms with van der Waals surface area (Å²) in [5, 5.41) is 1.49. The van der Waals surface area contributed by atoms with Crippen molar-refractivity contribution in [2.45, 2.75) is 55.1 Å². The van der Waals surface area contributed by atoms with Crippen LogP contribution in [-0.4, -0.2) is 25.7 Å². The van der Waals surface area contributed by atoms with Gasteiger partial charge in [-0.05, 0) is 19.3 Å². The molecule has 1 saturated heterocycles. The minimum absolute atomic E-state index is 0.523.